The first-order valence-corrected chi connectivity index (χ1v) is 50.1. The summed E-state index contributed by atoms with van der Waals surface area (Å²) in [6.45, 7) is 21.4. The van der Waals surface area contributed by atoms with Crippen LogP contribution in [0.25, 0.3) is 38.3 Å². The number of amides is 4. The lowest BCUT2D eigenvalue weighted by atomic mass is 9.93. The molecule has 5 aliphatic heterocycles. The predicted molar refractivity (Wildman–Crippen MR) is 549 cm³/mol. The molecule has 5 atom stereocenters. The van der Waals surface area contributed by atoms with Gasteiger partial charge in [0.15, 0.2) is 0 Å². The number of benzene rings is 8. The molecule has 0 spiro atoms. The van der Waals surface area contributed by atoms with E-state index in [1.807, 2.05) is 215 Å². The normalized spacial score (nSPS) is 15.9. The molecular formula is C112H140N12O16. The minimum absolute atomic E-state index is 0.184. The molecule has 4 fully saturated rings. The number of carboxylic acid groups (broad SMARTS) is 4. The van der Waals surface area contributed by atoms with E-state index in [-0.39, 0.29) is 25.7 Å². The molecule has 11 aromatic rings. The van der Waals surface area contributed by atoms with Crippen LogP contribution in [-0.2, 0) is 49.7 Å². The molecule has 28 nitrogen and oxygen atoms in total. The van der Waals surface area contributed by atoms with Gasteiger partial charge in [0.2, 0.25) is 5.91 Å². The van der Waals surface area contributed by atoms with E-state index in [9.17, 15) is 58.8 Å². The van der Waals surface area contributed by atoms with Gasteiger partial charge in [-0.25, -0.2) is 19.2 Å². The van der Waals surface area contributed by atoms with Crippen LogP contribution in [0.3, 0.4) is 0 Å². The topological polar surface area (TPSA) is 410 Å². The highest BCUT2D eigenvalue weighted by Crippen LogP contribution is 2.35. The van der Waals surface area contributed by atoms with Gasteiger partial charge < -0.3 is 102 Å². The molecule has 140 heavy (non-hydrogen) atoms. The Morgan fingerprint density at radius 2 is 0.579 bits per heavy atom. The average molecular weight is 1910 g/mol. The SMILES string of the molecule is C=C1c2ccccc2NC1C(=O)NC(Cc1ccc(OCCCCC2CCNCC2)cc1)C(=O)O.Cc1c(C(=O)NC(Cc2ccc(OCCCCC3CCNCC3)cc2)C(=O)O)[nH]c2ccccc12.Cc1c(C(=O)NC(Cc2ccc(OCCCCC3CCNCC3)cc2)C(=O)O)[nH]c2ccccc12.Cc1c(C(=O)NC(Cc2ccc(OCCCCC3CCNCC3)cc2)C(=O)O)[nH]c2ccccc12. The minimum Gasteiger partial charge on any atom is -0.494 e. The maximum atomic E-state index is 12.8. The Morgan fingerprint density at radius 1 is 0.329 bits per heavy atom. The fourth-order valence-electron chi connectivity index (χ4n) is 19.2. The molecule has 8 heterocycles. The third-order valence-electron chi connectivity index (χ3n) is 27.6. The second-order valence-corrected chi connectivity index (χ2v) is 37.7. The number of rotatable bonds is 44. The number of para-hydroxylation sites is 4. The fourth-order valence-corrected chi connectivity index (χ4v) is 19.2. The molecule has 4 saturated heterocycles. The first kappa shape index (κ1) is 104. The van der Waals surface area contributed by atoms with Crippen LogP contribution >= 0.6 is 0 Å². The zero-order chi connectivity index (χ0) is 98.5. The molecule has 0 bridgehead atoms. The molecule has 28 heteroatoms. The summed E-state index contributed by atoms with van der Waals surface area (Å²) < 4.78 is 23.5. The van der Waals surface area contributed by atoms with E-state index < -0.39 is 77.7 Å². The van der Waals surface area contributed by atoms with Crippen molar-refractivity contribution in [3.05, 3.63) is 262 Å². The Balaban J connectivity index is 0.000000157. The number of carbonyl (C=O) groups is 8. The highest BCUT2D eigenvalue weighted by atomic mass is 16.5. The van der Waals surface area contributed by atoms with E-state index in [0.29, 0.717) is 49.1 Å². The molecule has 0 radical (unpaired) electrons. The summed E-state index contributed by atoms with van der Waals surface area (Å²) in [7, 11) is 0. The van der Waals surface area contributed by atoms with E-state index in [1.54, 1.807) is 0 Å². The largest absolute Gasteiger partial charge is 0.494 e. The lowest BCUT2D eigenvalue weighted by Gasteiger charge is -2.22. The number of carbonyl (C=O) groups excluding carboxylic acids is 4. The lowest BCUT2D eigenvalue weighted by molar-refractivity contribution is -0.141. The Morgan fingerprint density at radius 3 is 0.836 bits per heavy atom. The lowest BCUT2D eigenvalue weighted by Crippen LogP contribution is -2.48. The number of unbranched alkanes of at least 4 members (excludes halogenated alkanes) is 4. The number of ether oxygens (including phenoxy) is 4. The van der Waals surface area contributed by atoms with Crippen molar-refractivity contribution in [2.24, 2.45) is 23.7 Å². The van der Waals surface area contributed by atoms with Gasteiger partial charge in [-0.1, -0.05) is 154 Å². The molecule has 5 unspecified atom stereocenters. The number of piperidine rings is 4. The molecule has 5 aliphatic rings. The zero-order valence-corrected chi connectivity index (χ0v) is 81.0. The quantitative estimate of drug-likeness (QED) is 0.0158. The Kier molecular flexibility index (Phi) is 40.0. The van der Waals surface area contributed by atoms with Gasteiger partial charge in [0.25, 0.3) is 17.7 Å². The van der Waals surface area contributed by atoms with Gasteiger partial charge in [-0.2, -0.15) is 0 Å². The molecule has 0 saturated carbocycles. The smallest absolute Gasteiger partial charge is 0.326 e. The van der Waals surface area contributed by atoms with Crippen LogP contribution in [0.4, 0.5) is 5.69 Å². The average Bonchev–Trinajstić information content (AvgIpc) is 1.66. The van der Waals surface area contributed by atoms with Crippen LogP contribution in [0.1, 0.15) is 204 Å². The fraction of sp³-hybridized carbons (Fsp3) is 0.429. The van der Waals surface area contributed by atoms with Crippen LogP contribution in [-0.4, -0.2) is 192 Å². The summed E-state index contributed by atoms with van der Waals surface area (Å²) in [6.07, 6.45) is 24.9. The molecule has 16 rings (SSSR count). The van der Waals surface area contributed by atoms with Crippen LogP contribution in [0, 0.1) is 44.4 Å². The maximum absolute atomic E-state index is 12.8. The summed E-state index contributed by atoms with van der Waals surface area (Å²) in [6, 6.07) is 55.4. The summed E-state index contributed by atoms with van der Waals surface area (Å²) in [5, 5.41) is 69.1. The summed E-state index contributed by atoms with van der Waals surface area (Å²) in [5.74, 6) is 0.545. The highest BCUT2D eigenvalue weighted by Gasteiger charge is 2.34. The number of fused-ring (bicyclic) bond motifs is 4. The number of hydrogen-bond donors (Lipinski definition) is 16. The summed E-state index contributed by atoms with van der Waals surface area (Å²) >= 11 is 0. The van der Waals surface area contributed by atoms with Gasteiger partial charge in [-0.05, 0) is 317 Å². The van der Waals surface area contributed by atoms with Gasteiger partial charge in [-0.3, -0.25) is 19.2 Å². The Hall–Kier alpha value is -13.3. The molecule has 3 aromatic heterocycles. The van der Waals surface area contributed by atoms with E-state index >= 15 is 0 Å². The first-order valence-electron chi connectivity index (χ1n) is 50.1. The van der Waals surface area contributed by atoms with Crippen LogP contribution in [0.2, 0.25) is 0 Å². The standard InChI is InChI=1S/4C28H35N3O4/c4*1-19-23-7-2-3-8-24(23)30-26(19)27(32)31-25(28(33)34)18-21-9-11-22(12-10-21)35-17-5-4-6-20-13-15-29-16-14-20/h3*2-3,7-12,20,25,29-30H,4-6,13-18H2,1H3,(H,31,32)(H,33,34);2-3,7-12,20,25-26,29-30H,1,4-6,13-18H2,(H,31,32)(H,33,34). The van der Waals surface area contributed by atoms with Gasteiger partial charge in [0, 0.05) is 69.6 Å². The molecule has 744 valence electrons. The number of aliphatic carboxylic acids is 4. The van der Waals surface area contributed by atoms with Crippen LogP contribution in [0.15, 0.2) is 201 Å². The molecular weight excluding hydrogens is 1770 g/mol. The summed E-state index contributed by atoms with van der Waals surface area (Å²) in [5.41, 5.74) is 11.8. The Bertz CT molecular complexity index is 5420. The number of aromatic amines is 3. The molecule has 16 N–H and O–H groups in total. The zero-order valence-electron chi connectivity index (χ0n) is 81.0. The maximum Gasteiger partial charge on any atom is 0.326 e. The van der Waals surface area contributed by atoms with Gasteiger partial charge in [0.1, 0.15) is 70.3 Å². The second-order valence-electron chi connectivity index (χ2n) is 37.7. The molecule has 4 amide bonds. The second kappa shape index (κ2) is 53.8. The summed E-state index contributed by atoms with van der Waals surface area (Å²) in [4.78, 5) is 108. The van der Waals surface area contributed by atoms with Gasteiger partial charge in [-0.15, -0.1) is 0 Å². The highest BCUT2D eigenvalue weighted by molar-refractivity contribution is 6.06. The van der Waals surface area contributed by atoms with Crippen molar-refractivity contribution >= 4 is 91.5 Å². The van der Waals surface area contributed by atoms with Gasteiger partial charge in [0.05, 0.1) is 26.4 Å². The molecule has 0 aliphatic carbocycles. The first-order chi connectivity index (χ1) is 68.0. The number of hydrogen-bond acceptors (Lipinski definition) is 17. The number of aryl methyl sites for hydroxylation is 3. The third kappa shape index (κ3) is 31.4. The number of aromatic nitrogens is 3. The van der Waals surface area contributed by atoms with E-state index in [0.717, 1.165) is 208 Å². The van der Waals surface area contributed by atoms with Crippen molar-refractivity contribution < 1.29 is 77.7 Å². The monoisotopic (exact) mass is 1910 g/mol. The van der Waals surface area contributed by atoms with Crippen molar-refractivity contribution in [3.63, 3.8) is 0 Å². The number of H-pyrrole nitrogens is 3. The number of carboxylic acids is 4. The van der Waals surface area contributed by atoms with Crippen molar-refractivity contribution in [2.45, 2.75) is 205 Å². The van der Waals surface area contributed by atoms with Crippen LogP contribution in [0.5, 0.6) is 23.0 Å². The van der Waals surface area contributed by atoms with Crippen molar-refractivity contribution in [1.29, 1.82) is 0 Å². The predicted octanol–water partition coefficient (Wildman–Crippen LogP) is 17.2. The Labute approximate surface area is 820 Å². The number of nitrogens with one attached hydrogen (secondary N) is 12. The van der Waals surface area contributed by atoms with Gasteiger partial charge >= 0.3 is 23.9 Å². The van der Waals surface area contributed by atoms with E-state index in [1.165, 1.54) is 103 Å². The van der Waals surface area contributed by atoms with Crippen molar-refractivity contribution in [2.75, 3.05) is 84.1 Å². The number of anilines is 1. The van der Waals surface area contributed by atoms with Crippen molar-refractivity contribution in [3.8, 4) is 23.0 Å². The third-order valence-corrected chi connectivity index (χ3v) is 27.6. The molecule has 8 aromatic carbocycles. The van der Waals surface area contributed by atoms with Crippen molar-refractivity contribution in [1.82, 2.24) is 57.5 Å². The van der Waals surface area contributed by atoms with E-state index in [2.05, 4.69) is 69.4 Å². The van der Waals surface area contributed by atoms with Crippen LogP contribution < -0.4 is 66.8 Å². The minimum atomic E-state index is -1.08. The van der Waals surface area contributed by atoms with E-state index in [4.69, 9.17) is 18.9 Å².